The zero-order valence-corrected chi connectivity index (χ0v) is 18.0. The standard InChI is InChI=1S/C22H27N5OS/c1-14-12-15(2)24-22(23-14)26-19(9-11-29-3)21(28)27-10-8-17-16-6-4-5-7-18(16)25-20(17)13-27/h4-7,12,19,25H,8-11,13H2,1-3H3,(H,23,24,26)/t19-/m1/s1. The van der Waals surface area contributed by atoms with E-state index in [1.807, 2.05) is 30.9 Å². The molecule has 1 aliphatic heterocycles. The normalized spacial score (nSPS) is 14.7. The number of rotatable bonds is 6. The highest BCUT2D eigenvalue weighted by Gasteiger charge is 2.29. The van der Waals surface area contributed by atoms with Crippen LogP contribution in [-0.2, 0) is 17.8 Å². The summed E-state index contributed by atoms with van der Waals surface area (Å²) < 4.78 is 0. The molecule has 29 heavy (non-hydrogen) atoms. The van der Waals surface area contributed by atoms with E-state index in [1.54, 1.807) is 11.8 Å². The third-order valence-electron chi connectivity index (χ3n) is 5.39. The van der Waals surface area contributed by atoms with E-state index in [4.69, 9.17) is 0 Å². The predicted octanol–water partition coefficient (Wildman–Crippen LogP) is 3.69. The van der Waals surface area contributed by atoms with Crippen molar-refractivity contribution in [3.8, 4) is 0 Å². The Labute approximate surface area is 175 Å². The van der Waals surface area contributed by atoms with Crippen molar-refractivity contribution in [1.82, 2.24) is 19.9 Å². The number of hydrogen-bond donors (Lipinski definition) is 2. The fourth-order valence-corrected chi connectivity index (χ4v) is 4.51. The fourth-order valence-electron chi connectivity index (χ4n) is 4.04. The molecule has 1 atom stereocenters. The number of nitrogens with one attached hydrogen (secondary N) is 2. The maximum Gasteiger partial charge on any atom is 0.245 e. The first kappa shape index (κ1) is 19.8. The van der Waals surface area contributed by atoms with Crippen molar-refractivity contribution in [3.63, 3.8) is 0 Å². The molecule has 0 spiro atoms. The summed E-state index contributed by atoms with van der Waals surface area (Å²) >= 11 is 1.74. The fraction of sp³-hybridized carbons (Fsp3) is 0.409. The molecule has 7 heteroatoms. The van der Waals surface area contributed by atoms with E-state index in [0.717, 1.165) is 47.7 Å². The van der Waals surface area contributed by atoms with Gasteiger partial charge in [0.05, 0.1) is 6.54 Å². The lowest BCUT2D eigenvalue weighted by Gasteiger charge is -2.31. The summed E-state index contributed by atoms with van der Waals surface area (Å²) in [5.41, 5.74) is 5.44. The number of hydrogen-bond acceptors (Lipinski definition) is 5. The quantitative estimate of drug-likeness (QED) is 0.649. The van der Waals surface area contributed by atoms with Gasteiger partial charge in [-0.25, -0.2) is 9.97 Å². The van der Waals surface area contributed by atoms with Crippen LogP contribution in [0, 0.1) is 13.8 Å². The van der Waals surface area contributed by atoms with Gasteiger partial charge in [0.2, 0.25) is 11.9 Å². The molecule has 6 nitrogen and oxygen atoms in total. The molecule has 2 aromatic heterocycles. The second-order valence-corrected chi connectivity index (χ2v) is 8.58. The topological polar surface area (TPSA) is 73.9 Å². The van der Waals surface area contributed by atoms with E-state index in [2.05, 4.69) is 44.7 Å². The van der Waals surface area contributed by atoms with Crippen LogP contribution >= 0.6 is 11.8 Å². The van der Waals surface area contributed by atoms with Gasteiger partial charge in [-0.05, 0) is 56.4 Å². The number of carbonyl (C=O) groups is 1. The van der Waals surface area contributed by atoms with Gasteiger partial charge in [0.25, 0.3) is 0 Å². The molecule has 1 aromatic carbocycles. The van der Waals surface area contributed by atoms with Gasteiger partial charge in [-0.3, -0.25) is 4.79 Å². The van der Waals surface area contributed by atoms with E-state index < -0.39 is 0 Å². The molecule has 0 fully saturated rings. The Morgan fingerprint density at radius 2 is 2.03 bits per heavy atom. The number of carbonyl (C=O) groups excluding carboxylic acids is 1. The number of benzene rings is 1. The molecule has 3 aromatic rings. The number of thioether (sulfide) groups is 1. The number of H-pyrrole nitrogens is 1. The third kappa shape index (κ3) is 4.24. The van der Waals surface area contributed by atoms with E-state index >= 15 is 0 Å². The third-order valence-corrected chi connectivity index (χ3v) is 6.03. The summed E-state index contributed by atoms with van der Waals surface area (Å²) in [4.78, 5) is 27.8. The van der Waals surface area contributed by atoms with Crippen LogP contribution < -0.4 is 5.32 Å². The maximum atomic E-state index is 13.4. The van der Waals surface area contributed by atoms with Crippen molar-refractivity contribution < 1.29 is 4.79 Å². The first-order valence-electron chi connectivity index (χ1n) is 10.00. The van der Waals surface area contributed by atoms with Crippen LogP contribution in [0.3, 0.4) is 0 Å². The monoisotopic (exact) mass is 409 g/mol. The van der Waals surface area contributed by atoms with E-state index in [0.29, 0.717) is 12.5 Å². The average Bonchev–Trinajstić information content (AvgIpc) is 3.07. The summed E-state index contributed by atoms with van der Waals surface area (Å²) in [6, 6.07) is 9.98. The molecular weight excluding hydrogens is 382 g/mol. The highest BCUT2D eigenvalue weighted by Crippen LogP contribution is 2.28. The first-order chi connectivity index (χ1) is 14.0. The molecule has 0 unspecified atom stereocenters. The van der Waals surface area contributed by atoms with Crippen LogP contribution in [0.1, 0.15) is 29.1 Å². The van der Waals surface area contributed by atoms with Crippen molar-refractivity contribution in [1.29, 1.82) is 0 Å². The predicted molar refractivity (Wildman–Crippen MR) is 119 cm³/mol. The summed E-state index contributed by atoms with van der Waals surface area (Å²) in [5, 5.41) is 4.58. The minimum Gasteiger partial charge on any atom is -0.357 e. The summed E-state index contributed by atoms with van der Waals surface area (Å²) in [7, 11) is 0. The van der Waals surface area contributed by atoms with Crippen LogP contribution in [0.2, 0.25) is 0 Å². The molecule has 1 aliphatic rings. The van der Waals surface area contributed by atoms with Crippen LogP contribution in [0.4, 0.5) is 5.95 Å². The number of aromatic amines is 1. The van der Waals surface area contributed by atoms with Crippen LogP contribution in [0.15, 0.2) is 30.3 Å². The van der Waals surface area contributed by atoms with E-state index in [1.165, 1.54) is 10.9 Å². The van der Waals surface area contributed by atoms with Crippen molar-refractivity contribution in [2.24, 2.45) is 0 Å². The van der Waals surface area contributed by atoms with Crippen LogP contribution in [0.5, 0.6) is 0 Å². The van der Waals surface area contributed by atoms with Gasteiger partial charge in [-0.1, -0.05) is 18.2 Å². The lowest BCUT2D eigenvalue weighted by molar-refractivity contribution is -0.133. The molecule has 0 saturated carbocycles. The lowest BCUT2D eigenvalue weighted by atomic mass is 10.0. The van der Waals surface area contributed by atoms with E-state index in [-0.39, 0.29) is 11.9 Å². The van der Waals surface area contributed by atoms with Gasteiger partial charge in [0.15, 0.2) is 0 Å². The lowest BCUT2D eigenvalue weighted by Crippen LogP contribution is -2.45. The Bertz CT molecular complexity index is 1010. The average molecular weight is 410 g/mol. The van der Waals surface area contributed by atoms with Crippen molar-refractivity contribution >= 4 is 34.5 Å². The van der Waals surface area contributed by atoms with Crippen molar-refractivity contribution in [2.45, 2.75) is 39.3 Å². The molecule has 3 heterocycles. The Kier molecular flexibility index (Phi) is 5.76. The maximum absolute atomic E-state index is 13.4. The molecule has 1 amide bonds. The minimum absolute atomic E-state index is 0.117. The molecule has 0 radical (unpaired) electrons. The number of aryl methyl sites for hydroxylation is 2. The largest absolute Gasteiger partial charge is 0.357 e. The number of nitrogens with zero attached hydrogens (tertiary/aromatic N) is 3. The van der Waals surface area contributed by atoms with Crippen LogP contribution in [0.25, 0.3) is 10.9 Å². The Morgan fingerprint density at radius 3 is 2.79 bits per heavy atom. The molecule has 0 aliphatic carbocycles. The van der Waals surface area contributed by atoms with Gasteiger partial charge in [0, 0.05) is 34.5 Å². The van der Waals surface area contributed by atoms with Gasteiger partial charge in [0.1, 0.15) is 6.04 Å². The van der Waals surface area contributed by atoms with Crippen molar-refractivity contribution in [2.75, 3.05) is 23.9 Å². The number of anilines is 1. The zero-order valence-electron chi connectivity index (χ0n) is 17.2. The summed E-state index contributed by atoms with van der Waals surface area (Å²) in [6.07, 6.45) is 3.68. The summed E-state index contributed by atoms with van der Waals surface area (Å²) in [5.74, 6) is 1.55. The number of amides is 1. The molecule has 4 rings (SSSR count). The smallest absolute Gasteiger partial charge is 0.245 e. The number of fused-ring (bicyclic) bond motifs is 3. The zero-order chi connectivity index (χ0) is 20.4. The number of para-hydroxylation sites is 1. The SMILES string of the molecule is CSCC[C@@H](Nc1nc(C)cc(C)n1)C(=O)N1CCc2c([nH]c3ccccc23)C1. The number of aromatic nitrogens is 3. The van der Waals surface area contributed by atoms with Crippen LogP contribution in [-0.4, -0.2) is 50.4 Å². The molecular formula is C22H27N5OS. The molecule has 0 bridgehead atoms. The molecule has 152 valence electrons. The Balaban J connectivity index is 1.54. The molecule has 2 N–H and O–H groups in total. The van der Waals surface area contributed by atoms with E-state index in [9.17, 15) is 4.79 Å². The van der Waals surface area contributed by atoms with Gasteiger partial charge < -0.3 is 15.2 Å². The molecule has 0 saturated heterocycles. The second-order valence-electron chi connectivity index (χ2n) is 7.59. The van der Waals surface area contributed by atoms with Crippen molar-refractivity contribution in [3.05, 3.63) is 53.0 Å². The Hall–Kier alpha value is -2.54. The summed E-state index contributed by atoms with van der Waals surface area (Å²) in [6.45, 7) is 5.24. The van der Waals surface area contributed by atoms with Gasteiger partial charge >= 0.3 is 0 Å². The first-order valence-corrected chi connectivity index (χ1v) is 11.4. The minimum atomic E-state index is -0.324. The van der Waals surface area contributed by atoms with Gasteiger partial charge in [-0.15, -0.1) is 0 Å². The Morgan fingerprint density at radius 1 is 1.28 bits per heavy atom. The second kappa shape index (κ2) is 8.45. The van der Waals surface area contributed by atoms with Gasteiger partial charge in [-0.2, -0.15) is 11.8 Å². The highest BCUT2D eigenvalue weighted by molar-refractivity contribution is 7.98. The highest BCUT2D eigenvalue weighted by atomic mass is 32.2.